The van der Waals surface area contributed by atoms with Crippen LogP contribution in [0.4, 0.5) is 0 Å². The maximum atomic E-state index is 5.08. The van der Waals surface area contributed by atoms with Gasteiger partial charge in [0.05, 0.1) is 11.4 Å². The summed E-state index contributed by atoms with van der Waals surface area (Å²) in [5.41, 5.74) is 17.6. The molecule has 56 heavy (non-hydrogen) atoms. The van der Waals surface area contributed by atoms with Crippen LogP contribution in [-0.2, 0) is 0 Å². The van der Waals surface area contributed by atoms with Crippen LogP contribution in [0, 0.1) is 0 Å². The van der Waals surface area contributed by atoms with Crippen molar-refractivity contribution in [2.24, 2.45) is 0 Å². The molecule has 0 saturated carbocycles. The fourth-order valence-electron chi connectivity index (χ4n) is 8.54. The lowest BCUT2D eigenvalue weighted by Crippen LogP contribution is -1.96. The topological polar surface area (TPSA) is 25.8 Å². The number of rotatable bonds is 6. The second kappa shape index (κ2) is 13.3. The lowest BCUT2D eigenvalue weighted by molar-refractivity contribution is 1.04. The quantitative estimate of drug-likeness (QED) is 0.172. The molecule has 0 aliphatic heterocycles. The van der Waals surface area contributed by atoms with E-state index in [0.717, 1.165) is 46.7 Å². The van der Waals surface area contributed by atoms with E-state index in [-0.39, 0.29) is 0 Å². The molecule has 0 atom stereocenters. The van der Waals surface area contributed by atoms with Crippen molar-refractivity contribution < 1.29 is 0 Å². The molecule has 2 aliphatic rings. The summed E-state index contributed by atoms with van der Waals surface area (Å²) < 4.78 is 0. The molecule has 0 unspecified atom stereocenters. The van der Waals surface area contributed by atoms with Crippen molar-refractivity contribution in [1.29, 1.82) is 0 Å². The lowest BCUT2D eigenvalue weighted by atomic mass is 9.94. The summed E-state index contributed by atoms with van der Waals surface area (Å²) in [6, 6.07) is 63.7. The van der Waals surface area contributed by atoms with Crippen molar-refractivity contribution in [1.82, 2.24) is 9.97 Å². The van der Waals surface area contributed by atoms with E-state index >= 15 is 0 Å². The van der Waals surface area contributed by atoms with Gasteiger partial charge >= 0.3 is 0 Å². The maximum absolute atomic E-state index is 5.08. The van der Waals surface area contributed by atoms with Gasteiger partial charge < -0.3 is 0 Å². The average Bonchev–Trinajstić information content (AvgIpc) is 3.61. The standard InChI is InChI=1S/C54H36N2/c1-3-10-35(11-4-1)36-18-22-38(23-19-36)51-34-52(56-54(55-51)40-12-5-2-6-13-40)39-24-20-37(21-25-39)41-26-27-43-31-44(29-28-42(43)30-41)46-32-45-14-9-17-49-47-15-7-8-16-48(47)50(33-46)53(45)49/h2-3,5-34H,1,4H2. The first-order valence-electron chi connectivity index (χ1n) is 19.5. The van der Waals surface area contributed by atoms with Crippen LogP contribution in [0.3, 0.4) is 0 Å². The molecule has 9 aromatic rings. The number of nitrogens with zero attached hydrogens (tertiary/aromatic N) is 2. The Kier molecular flexibility index (Phi) is 7.67. The van der Waals surface area contributed by atoms with Crippen LogP contribution in [0.1, 0.15) is 18.4 Å². The Morgan fingerprint density at radius 3 is 1.59 bits per heavy atom. The highest BCUT2D eigenvalue weighted by Gasteiger charge is 2.21. The number of hydrogen-bond donors (Lipinski definition) is 0. The van der Waals surface area contributed by atoms with E-state index in [1.165, 1.54) is 77.2 Å². The molecule has 0 bridgehead atoms. The third-order valence-electron chi connectivity index (χ3n) is 11.4. The first kappa shape index (κ1) is 32.3. The van der Waals surface area contributed by atoms with Gasteiger partial charge in [-0.15, -0.1) is 0 Å². The monoisotopic (exact) mass is 712 g/mol. The van der Waals surface area contributed by atoms with Gasteiger partial charge in [-0.2, -0.15) is 0 Å². The molecular weight excluding hydrogens is 677 g/mol. The van der Waals surface area contributed by atoms with Crippen molar-refractivity contribution >= 4 is 27.1 Å². The smallest absolute Gasteiger partial charge is 0.160 e. The fraction of sp³-hybridized carbons (Fsp3) is 0.0370. The van der Waals surface area contributed by atoms with E-state index in [1.54, 1.807) is 0 Å². The van der Waals surface area contributed by atoms with Gasteiger partial charge in [-0.3, -0.25) is 0 Å². The number of hydrogen-bond acceptors (Lipinski definition) is 2. The van der Waals surface area contributed by atoms with Crippen LogP contribution >= 0.6 is 0 Å². The van der Waals surface area contributed by atoms with Crippen molar-refractivity contribution in [3.8, 4) is 78.4 Å². The number of aromatic nitrogens is 2. The number of fused-ring (bicyclic) bond motifs is 4. The Balaban J connectivity index is 0.905. The van der Waals surface area contributed by atoms with Gasteiger partial charge in [0.15, 0.2) is 5.82 Å². The fourth-order valence-corrected chi connectivity index (χ4v) is 8.54. The molecule has 0 N–H and O–H groups in total. The van der Waals surface area contributed by atoms with E-state index in [1.807, 2.05) is 18.2 Å². The largest absolute Gasteiger partial charge is 0.228 e. The summed E-state index contributed by atoms with van der Waals surface area (Å²) in [6.07, 6.45) is 9.00. The summed E-state index contributed by atoms with van der Waals surface area (Å²) in [7, 11) is 0. The molecule has 0 radical (unpaired) electrons. The molecule has 0 fully saturated rings. The lowest BCUT2D eigenvalue weighted by Gasteiger charge is -2.12. The average molecular weight is 713 g/mol. The zero-order valence-corrected chi connectivity index (χ0v) is 30.8. The summed E-state index contributed by atoms with van der Waals surface area (Å²) in [6.45, 7) is 0. The minimum absolute atomic E-state index is 0.722. The Morgan fingerprint density at radius 1 is 0.339 bits per heavy atom. The summed E-state index contributed by atoms with van der Waals surface area (Å²) in [5.74, 6) is 0.722. The molecule has 2 heteroatoms. The summed E-state index contributed by atoms with van der Waals surface area (Å²) in [5, 5.41) is 5.11. The van der Waals surface area contributed by atoms with Crippen LogP contribution < -0.4 is 0 Å². The van der Waals surface area contributed by atoms with Gasteiger partial charge in [0, 0.05) is 16.7 Å². The summed E-state index contributed by atoms with van der Waals surface area (Å²) >= 11 is 0. The van der Waals surface area contributed by atoms with Crippen LogP contribution in [-0.4, -0.2) is 9.97 Å². The van der Waals surface area contributed by atoms with Crippen LogP contribution in [0.15, 0.2) is 194 Å². The highest BCUT2D eigenvalue weighted by atomic mass is 14.9. The molecule has 8 aromatic carbocycles. The van der Waals surface area contributed by atoms with Crippen LogP contribution in [0.5, 0.6) is 0 Å². The Labute approximate surface area is 326 Å². The molecule has 0 amide bonds. The van der Waals surface area contributed by atoms with E-state index < -0.39 is 0 Å². The SMILES string of the molecule is C1=CC(c2ccc(-c3cc(-c4ccc(-c5ccc6cc(-c7cc8c9c(cccc9c7)-c7ccccc7-8)ccc6c5)cc4)nc(-c4ccccc4)n3)cc2)=CCC1. The number of allylic oxidation sites excluding steroid dienone is 4. The zero-order chi connectivity index (χ0) is 37.0. The van der Waals surface area contributed by atoms with E-state index in [2.05, 4.69) is 176 Å². The second-order valence-corrected chi connectivity index (χ2v) is 14.9. The van der Waals surface area contributed by atoms with Crippen LogP contribution in [0.2, 0.25) is 0 Å². The zero-order valence-electron chi connectivity index (χ0n) is 30.8. The molecular formula is C54H36N2. The first-order chi connectivity index (χ1) is 27.7. The molecule has 1 aromatic heterocycles. The molecule has 0 saturated heterocycles. The maximum Gasteiger partial charge on any atom is 0.160 e. The Morgan fingerprint density at radius 2 is 0.911 bits per heavy atom. The van der Waals surface area contributed by atoms with Crippen molar-refractivity contribution in [2.45, 2.75) is 12.8 Å². The normalized spacial score (nSPS) is 12.9. The Bertz CT molecular complexity index is 3040. The van der Waals surface area contributed by atoms with Crippen molar-refractivity contribution in [3.63, 3.8) is 0 Å². The van der Waals surface area contributed by atoms with Gasteiger partial charge in [-0.25, -0.2) is 9.97 Å². The minimum atomic E-state index is 0.722. The highest BCUT2D eigenvalue weighted by molar-refractivity contribution is 6.16. The van der Waals surface area contributed by atoms with E-state index in [4.69, 9.17) is 9.97 Å². The number of benzene rings is 8. The minimum Gasteiger partial charge on any atom is -0.228 e. The van der Waals surface area contributed by atoms with Gasteiger partial charge in [0.1, 0.15) is 0 Å². The Hall–Kier alpha value is -7.16. The first-order valence-corrected chi connectivity index (χ1v) is 19.5. The third kappa shape index (κ3) is 5.66. The molecule has 0 spiro atoms. The van der Waals surface area contributed by atoms with Crippen LogP contribution in [0.25, 0.3) is 106 Å². The van der Waals surface area contributed by atoms with Gasteiger partial charge in [-0.1, -0.05) is 164 Å². The van der Waals surface area contributed by atoms with Gasteiger partial charge in [0.2, 0.25) is 0 Å². The highest BCUT2D eigenvalue weighted by Crippen LogP contribution is 2.48. The second-order valence-electron chi connectivity index (χ2n) is 14.9. The molecule has 2 nitrogen and oxygen atoms in total. The molecule has 1 heterocycles. The summed E-state index contributed by atoms with van der Waals surface area (Å²) in [4.78, 5) is 10.1. The third-order valence-corrected chi connectivity index (χ3v) is 11.4. The van der Waals surface area contributed by atoms with Crippen molar-refractivity contribution in [3.05, 3.63) is 200 Å². The van der Waals surface area contributed by atoms with E-state index in [9.17, 15) is 0 Å². The van der Waals surface area contributed by atoms with Crippen molar-refractivity contribution in [2.75, 3.05) is 0 Å². The van der Waals surface area contributed by atoms with Gasteiger partial charge in [-0.05, 0) is 120 Å². The molecule has 2 aliphatic carbocycles. The molecule has 11 rings (SSSR count). The predicted molar refractivity (Wildman–Crippen MR) is 235 cm³/mol. The van der Waals surface area contributed by atoms with E-state index in [0.29, 0.717) is 0 Å². The predicted octanol–water partition coefficient (Wildman–Crippen LogP) is 14.5. The molecule has 262 valence electrons. The van der Waals surface area contributed by atoms with Gasteiger partial charge in [0.25, 0.3) is 0 Å².